The highest BCUT2D eigenvalue weighted by Gasteiger charge is 2.34. The van der Waals surface area contributed by atoms with Crippen molar-refractivity contribution in [1.82, 2.24) is 5.32 Å². The Balaban J connectivity index is 2.11. The van der Waals surface area contributed by atoms with Crippen molar-refractivity contribution in [1.29, 1.82) is 0 Å². The van der Waals surface area contributed by atoms with Gasteiger partial charge in [0.15, 0.2) is 6.10 Å². The number of aryl methyl sites for hydroxylation is 1. The van der Waals surface area contributed by atoms with E-state index in [1.165, 1.54) is 19.2 Å². The van der Waals surface area contributed by atoms with Crippen LogP contribution < -0.4 is 10.1 Å². The lowest BCUT2D eigenvalue weighted by Crippen LogP contribution is -2.40. The van der Waals surface area contributed by atoms with Crippen LogP contribution in [0.2, 0.25) is 0 Å². The molecule has 7 heteroatoms. The number of hydrogen-bond acceptors (Lipinski definition) is 3. The highest BCUT2D eigenvalue weighted by atomic mass is 19.4. The second kappa shape index (κ2) is 11.0. The van der Waals surface area contributed by atoms with Crippen molar-refractivity contribution >= 4 is 12.1 Å². The summed E-state index contributed by atoms with van der Waals surface area (Å²) in [6.45, 7) is 6.28. The molecule has 0 aliphatic carbocycles. The van der Waals surface area contributed by atoms with E-state index < -0.39 is 17.8 Å². The van der Waals surface area contributed by atoms with E-state index in [2.05, 4.69) is 10.3 Å². The Morgan fingerprint density at radius 1 is 1.16 bits per heavy atom. The van der Waals surface area contributed by atoms with Gasteiger partial charge in [0.25, 0.3) is 5.91 Å². The van der Waals surface area contributed by atoms with Crippen molar-refractivity contribution < 1.29 is 22.7 Å². The van der Waals surface area contributed by atoms with E-state index in [4.69, 9.17) is 4.74 Å². The zero-order chi connectivity index (χ0) is 23.0. The number of halogens is 3. The van der Waals surface area contributed by atoms with Crippen molar-refractivity contribution in [3.05, 3.63) is 64.7 Å². The summed E-state index contributed by atoms with van der Waals surface area (Å²) in [6.07, 6.45) is -3.25. The number of hydrogen-bond donors (Lipinski definition) is 1. The van der Waals surface area contributed by atoms with Crippen LogP contribution >= 0.6 is 0 Å². The van der Waals surface area contributed by atoms with E-state index in [1.807, 2.05) is 45.0 Å². The standard InChI is InChI=1S/C24H29F3N2O2/c1-16(2)13-22(23(30)29-12-11-18-7-5-17(3)6-8-18)31-20-10-9-19(15-28-4)21(14-20)24(25,26)27/h5-10,14-16,22H,11-13H2,1-4H3,(H,29,30). The Kier molecular flexibility index (Phi) is 8.65. The highest BCUT2D eigenvalue weighted by molar-refractivity contribution is 5.83. The molecule has 0 aliphatic heterocycles. The molecule has 0 aliphatic rings. The predicted molar refractivity (Wildman–Crippen MR) is 117 cm³/mol. The number of ether oxygens (including phenoxy) is 1. The predicted octanol–water partition coefficient (Wildman–Crippen LogP) is 5.21. The monoisotopic (exact) mass is 434 g/mol. The average molecular weight is 435 g/mol. The summed E-state index contributed by atoms with van der Waals surface area (Å²) in [5.41, 5.74) is 1.35. The number of carbonyl (C=O) groups is 1. The number of amides is 1. The third-order valence-electron chi connectivity index (χ3n) is 4.69. The Labute approximate surface area is 181 Å². The molecule has 1 atom stereocenters. The molecule has 168 valence electrons. The number of nitrogens with zero attached hydrogens (tertiary/aromatic N) is 1. The van der Waals surface area contributed by atoms with Gasteiger partial charge in [0, 0.05) is 25.4 Å². The van der Waals surface area contributed by atoms with Crippen LogP contribution in [0.3, 0.4) is 0 Å². The molecule has 1 unspecified atom stereocenters. The van der Waals surface area contributed by atoms with Gasteiger partial charge in [-0.3, -0.25) is 9.79 Å². The molecular formula is C24H29F3N2O2. The molecule has 2 aromatic rings. The molecule has 0 heterocycles. The molecule has 0 bridgehead atoms. The van der Waals surface area contributed by atoms with E-state index in [0.717, 1.165) is 23.4 Å². The fourth-order valence-corrected chi connectivity index (χ4v) is 3.11. The molecule has 2 aromatic carbocycles. The summed E-state index contributed by atoms with van der Waals surface area (Å²) in [4.78, 5) is 16.4. The summed E-state index contributed by atoms with van der Waals surface area (Å²) in [7, 11) is 1.41. The SMILES string of the molecule is CN=Cc1ccc(OC(CC(C)C)C(=O)NCCc2ccc(C)cc2)cc1C(F)(F)F. The first-order valence-electron chi connectivity index (χ1n) is 10.2. The molecule has 1 N–H and O–H groups in total. The molecule has 31 heavy (non-hydrogen) atoms. The zero-order valence-electron chi connectivity index (χ0n) is 18.3. The van der Waals surface area contributed by atoms with Gasteiger partial charge < -0.3 is 10.1 Å². The van der Waals surface area contributed by atoms with Crippen molar-refractivity contribution in [3.63, 3.8) is 0 Å². The normalized spacial score (nSPS) is 12.9. The van der Waals surface area contributed by atoms with Gasteiger partial charge in [0.2, 0.25) is 0 Å². The van der Waals surface area contributed by atoms with E-state index in [-0.39, 0.29) is 23.1 Å². The molecule has 0 saturated carbocycles. The second-order valence-corrected chi connectivity index (χ2v) is 7.90. The number of aliphatic imine (C=N–C) groups is 1. The van der Waals surface area contributed by atoms with Gasteiger partial charge in [-0.25, -0.2) is 0 Å². The third kappa shape index (κ3) is 7.74. The van der Waals surface area contributed by atoms with Crippen LogP contribution in [-0.4, -0.2) is 31.8 Å². The van der Waals surface area contributed by atoms with Crippen LogP contribution in [0, 0.1) is 12.8 Å². The number of alkyl halides is 3. The number of carbonyl (C=O) groups excluding carboxylic acids is 1. The summed E-state index contributed by atoms with van der Waals surface area (Å²) in [6, 6.07) is 11.7. The van der Waals surface area contributed by atoms with Crippen LogP contribution in [0.15, 0.2) is 47.5 Å². The molecule has 0 spiro atoms. The Morgan fingerprint density at radius 3 is 2.42 bits per heavy atom. The molecule has 4 nitrogen and oxygen atoms in total. The van der Waals surface area contributed by atoms with Crippen molar-refractivity contribution in [2.75, 3.05) is 13.6 Å². The van der Waals surface area contributed by atoms with E-state index >= 15 is 0 Å². The van der Waals surface area contributed by atoms with Gasteiger partial charge >= 0.3 is 6.18 Å². The Bertz CT molecular complexity index is 891. The van der Waals surface area contributed by atoms with Crippen LogP contribution in [0.5, 0.6) is 5.75 Å². The van der Waals surface area contributed by atoms with Crippen LogP contribution in [-0.2, 0) is 17.4 Å². The summed E-state index contributed by atoms with van der Waals surface area (Å²) >= 11 is 0. The maximum Gasteiger partial charge on any atom is 0.417 e. The molecule has 0 aromatic heterocycles. The molecule has 1 amide bonds. The van der Waals surface area contributed by atoms with Gasteiger partial charge in [0.05, 0.1) is 5.56 Å². The smallest absolute Gasteiger partial charge is 0.417 e. The van der Waals surface area contributed by atoms with Gasteiger partial charge in [-0.2, -0.15) is 13.2 Å². The minimum Gasteiger partial charge on any atom is -0.481 e. The van der Waals surface area contributed by atoms with E-state index in [0.29, 0.717) is 19.4 Å². The zero-order valence-corrected chi connectivity index (χ0v) is 18.3. The Hall–Kier alpha value is -2.83. The fraction of sp³-hybridized carbons (Fsp3) is 0.417. The maximum absolute atomic E-state index is 13.4. The number of rotatable bonds is 9. The van der Waals surface area contributed by atoms with E-state index in [9.17, 15) is 18.0 Å². The van der Waals surface area contributed by atoms with Crippen molar-refractivity contribution in [2.24, 2.45) is 10.9 Å². The fourth-order valence-electron chi connectivity index (χ4n) is 3.11. The third-order valence-corrected chi connectivity index (χ3v) is 4.69. The quantitative estimate of drug-likeness (QED) is 0.551. The van der Waals surface area contributed by atoms with Gasteiger partial charge in [-0.05, 0) is 49.4 Å². The van der Waals surface area contributed by atoms with Crippen molar-refractivity contribution in [2.45, 2.75) is 45.9 Å². The average Bonchev–Trinajstić information content (AvgIpc) is 2.69. The first kappa shape index (κ1) is 24.4. The minimum atomic E-state index is -4.56. The first-order chi connectivity index (χ1) is 14.6. The highest BCUT2D eigenvalue weighted by Crippen LogP contribution is 2.34. The first-order valence-corrected chi connectivity index (χ1v) is 10.2. The van der Waals surface area contributed by atoms with Crippen LogP contribution in [0.1, 0.15) is 42.5 Å². The molecule has 2 rings (SSSR count). The summed E-state index contributed by atoms with van der Waals surface area (Å²) in [5.74, 6) is -0.213. The number of nitrogens with one attached hydrogen (secondary N) is 1. The second-order valence-electron chi connectivity index (χ2n) is 7.90. The van der Waals surface area contributed by atoms with Gasteiger partial charge in [-0.1, -0.05) is 43.7 Å². The maximum atomic E-state index is 13.4. The molecule has 0 saturated heterocycles. The Morgan fingerprint density at radius 2 is 1.84 bits per heavy atom. The summed E-state index contributed by atoms with van der Waals surface area (Å²) in [5, 5.41) is 2.84. The largest absolute Gasteiger partial charge is 0.481 e. The summed E-state index contributed by atoms with van der Waals surface area (Å²) < 4.78 is 46.0. The topological polar surface area (TPSA) is 50.7 Å². The van der Waals surface area contributed by atoms with Gasteiger partial charge in [0.1, 0.15) is 5.75 Å². The number of benzene rings is 2. The van der Waals surface area contributed by atoms with Crippen LogP contribution in [0.4, 0.5) is 13.2 Å². The minimum absolute atomic E-state index is 0.0000809. The van der Waals surface area contributed by atoms with E-state index in [1.54, 1.807) is 0 Å². The molecule has 0 fully saturated rings. The molecule has 0 radical (unpaired) electrons. The van der Waals surface area contributed by atoms with Crippen molar-refractivity contribution in [3.8, 4) is 5.75 Å². The molecular weight excluding hydrogens is 405 g/mol. The van der Waals surface area contributed by atoms with Crippen LogP contribution in [0.25, 0.3) is 0 Å². The lowest BCUT2D eigenvalue weighted by Gasteiger charge is -2.21. The lowest BCUT2D eigenvalue weighted by atomic mass is 10.0. The van der Waals surface area contributed by atoms with Gasteiger partial charge in [-0.15, -0.1) is 0 Å². The lowest BCUT2D eigenvalue weighted by molar-refractivity contribution is -0.137.